The van der Waals surface area contributed by atoms with Gasteiger partial charge in [0.25, 0.3) is 0 Å². The fourth-order valence-corrected chi connectivity index (χ4v) is 1.89. The number of benzene rings is 2. The summed E-state index contributed by atoms with van der Waals surface area (Å²) in [5.74, 6) is -2.79. The van der Waals surface area contributed by atoms with Gasteiger partial charge in [-0.1, -0.05) is 19.1 Å². The van der Waals surface area contributed by atoms with E-state index in [2.05, 4.69) is 0 Å². The van der Waals surface area contributed by atoms with Crippen LogP contribution in [0, 0.1) is 11.6 Å². The van der Waals surface area contributed by atoms with Crippen molar-refractivity contribution in [2.24, 2.45) is 0 Å². The van der Waals surface area contributed by atoms with Crippen molar-refractivity contribution < 1.29 is 23.4 Å². The normalized spacial score (nSPS) is 10.4. The van der Waals surface area contributed by atoms with Crippen LogP contribution in [0.1, 0.15) is 23.7 Å². The first-order valence-electron chi connectivity index (χ1n) is 6.48. The molecule has 1 N–H and O–H groups in total. The lowest BCUT2D eigenvalue weighted by Gasteiger charge is -2.10. The van der Waals surface area contributed by atoms with E-state index in [0.717, 1.165) is 18.6 Å². The summed E-state index contributed by atoms with van der Waals surface area (Å²) in [5, 5.41) is 9.22. The van der Waals surface area contributed by atoms with Gasteiger partial charge >= 0.3 is 5.97 Å². The highest BCUT2D eigenvalue weighted by Crippen LogP contribution is 2.28. The van der Waals surface area contributed by atoms with E-state index in [4.69, 9.17) is 4.74 Å². The van der Waals surface area contributed by atoms with Crippen LogP contribution in [0.15, 0.2) is 36.4 Å². The van der Waals surface area contributed by atoms with E-state index in [0.29, 0.717) is 17.7 Å². The number of carboxylic acids is 1. The second-order valence-electron chi connectivity index (χ2n) is 4.49. The third kappa shape index (κ3) is 3.37. The third-order valence-electron chi connectivity index (χ3n) is 2.92. The Morgan fingerprint density at radius 2 is 1.76 bits per heavy atom. The van der Waals surface area contributed by atoms with Crippen LogP contribution in [0.25, 0.3) is 11.1 Å². The summed E-state index contributed by atoms with van der Waals surface area (Å²) in [7, 11) is 0. The van der Waals surface area contributed by atoms with E-state index in [1.807, 2.05) is 6.92 Å². The predicted octanol–water partition coefficient (Wildman–Crippen LogP) is 4.12. The van der Waals surface area contributed by atoms with Crippen LogP contribution >= 0.6 is 0 Å². The molecule has 21 heavy (non-hydrogen) atoms. The first kappa shape index (κ1) is 15.0. The Kier molecular flexibility index (Phi) is 4.52. The lowest BCUT2D eigenvalue weighted by atomic mass is 10.0. The molecule has 0 bridgehead atoms. The van der Waals surface area contributed by atoms with Gasteiger partial charge in [0.05, 0.1) is 6.61 Å². The minimum atomic E-state index is -1.13. The quantitative estimate of drug-likeness (QED) is 0.901. The number of carboxylic acid groups (broad SMARTS) is 1. The molecule has 0 spiro atoms. The van der Waals surface area contributed by atoms with Gasteiger partial charge in [-0.25, -0.2) is 13.6 Å². The van der Waals surface area contributed by atoms with Gasteiger partial charge in [-0.05, 0) is 41.8 Å². The number of aromatic carboxylic acids is 1. The maximum absolute atomic E-state index is 13.3. The number of ether oxygens (including phenoxy) is 1. The fourth-order valence-electron chi connectivity index (χ4n) is 1.89. The van der Waals surface area contributed by atoms with E-state index in [1.54, 1.807) is 6.07 Å². The van der Waals surface area contributed by atoms with Crippen LogP contribution in [-0.4, -0.2) is 17.7 Å². The molecule has 5 heteroatoms. The predicted molar refractivity (Wildman–Crippen MR) is 74.5 cm³/mol. The molecule has 0 aliphatic rings. The number of halogens is 2. The van der Waals surface area contributed by atoms with Crippen molar-refractivity contribution in [1.82, 2.24) is 0 Å². The maximum Gasteiger partial charge on any atom is 0.339 e. The lowest BCUT2D eigenvalue weighted by molar-refractivity contribution is 0.0692. The van der Waals surface area contributed by atoms with Crippen molar-refractivity contribution in [3.63, 3.8) is 0 Å². The molecule has 0 saturated carbocycles. The monoisotopic (exact) mass is 292 g/mol. The lowest BCUT2D eigenvalue weighted by Crippen LogP contribution is -2.04. The van der Waals surface area contributed by atoms with Crippen molar-refractivity contribution in [3.8, 4) is 16.9 Å². The molecule has 110 valence electrons. The molecular formula is C16H14F2O3. The van der Waals surface area contributed by atoms with Gasteiger partial charge in [0.2, 0.25) is 0 Å². The molecular weight excluding hydrogens is 278 g/mol. The van der Waals surface area contributed by atoms with Crippen LogP contribution < -0.4 is 4.74 Å². The van der Waals surface area contributed by atoms with Gasteiger partial charge in [-0.2, -0.15) is 0 Å². The molecule has 0 atom stereocenters. The van der Waals surface area contributed by atoms with E-state index in [9.17, 15) is 18.7 Å². The second kappa shape index (κ2) is 6.35. The van der Waals surface area contributed by atoms with Crippen molar-refractivity contribution in [1.29, 1.82) is 0 Å². The number of carbonyl (C=O) groups is 1. The summed E-state index contributed by atoms with van der Waals surface area (Å²) in [6, 6.07) is 7.96. The molecule has 0 radical (unpaired) electrons. The molecule has 0 aromatic heterocycles. The molecule has 0 fully saturated rings. The molecule has 2 rings (SSSR count). The van der Waals surface area contributed by atoms with E-state index < -0.39 is 17.6 Å². The van der Waals surface area contributed by atoms with E-state index in [-0.39, 0.29) is 11.3 Å². The Bertz CT molecular complexity index is 669. The smallest absolute Gasteiger partial charge is 0.339 e. The molecule has 3 nitrogen and oxygen atoms in total. The molecule has 0 aliphatic carbocycles. The summed E-state index contributed by atoms with van der Waals surface area (Å²) < 4.78 is 31.6. The first-order valence-corrected chi connectivity index (χ1v) is 6.48. The van der Waals surface area contributed by atoms with Gasteiger partial charge in [0.15, 0.2) is 11.6 Å². The van der Waals surface area contributed by atoms with Crippen LogP contribution in [0.2, 0.25) is 0 Å². The standard InChI is InChI=1S/C16H14F2O3/c1-2-7-21-15-6-4-10(8-12(15)16(19)20)11-3-5-13(17)14(18)9-11/h3-6,8-9H,2,7H2,1H3,(H,19,20). The molecule has 2 aromatic carbocycles. The summed E-state index contributed by atoms with van der Waals surface area (Å²) >= 11 is 0. The van der Waals surface area contributed by atoms with Gasteiger partial charge in [0.1, 0.15) is 11.3 Å². The van der Waals surface area contributed by atoms with Crippen molar-refractivity contribution in [2.45, 2.75) is 13.3 Å². The zero-order valence-electron chi connectivity index (χ0n) is 11.4. The zero-order valence-corrected chi connectivity index (χ0v) is 11.4. The van der Waals surface area contributed by atoms with Gasteiger partial charge < -0.3 is 9.84 Å². The van der Waals surface area contributed by atoms with Crippen molar-refractivity contribution >= 4 is 5.97 Å². The summed E-state index contributed by atoms with van der Waals surface area (Å²) in [6.07, 6.45) is 0.754. The highest BCUT2D eigenvalue weighted by molar-refractivity contribution is 5.92. The van der Waals surface area contributed by atoms with Crippen LogP contribution in [0.5, 0.6) is 5.75 Å². The average molecular weight is 292 g/mol. The number of hydrogen-bond donors (Lipinski definition) is 1. The van der Waals surface area contributed by atoms with E-state index >= 15 is 0 Å². The van der Waals surface area contributed by atoms with Crippen LogP contribution in [-0.2, 0) is 0 Å². The molecule has 0 heterocycles. The zero-order chi connectivity index (χ0) is 15.4. The summed E-state index contributed by atoms with van der Waals surface area (Å²) in [4.78, 5) is 11.3. The van der Waals surface area contributed by atoms with Crippen molar-refractivity contribution in [3.05, 3.63) is 53.6 Å². The number of hydrogen-bond acceptors (Lipinski definition) is 2. The third-order valence-corrected chi connectivity index (χ3v) is 2.92. The Morgan fingerprint density at radius 1 is 1.10 bits per heavy atom. The topological polar surface area (TPSA) is 46.5 Å². The average Bonchev–Trinajstić information content (AvgIpc) is 2.47. The Hall–Kier alpha value is -2.43. The van der Waals surface area contributed by atoms with Crippen LogP contribution in [0.4, 0.5) is 8.78 Å². The molecule has 0 amide bonds. The van der Waals surface area contributed by atoms with Crippen LogP contribution in [0.3, 0.4) is 0 Å². The Labute approximate surface area is 120 Å². The highest BCUT2D eigenvalue weighted by Gasteiger charge is 2.14. The van der Waals surface area contributed by atoms with Gasteiger partial charge in [-0.3, -0.25) is 0 Å². The summed E-state index contributed by atoms with van der Waals surface area (Å²) in [5.41, 5.74) is 0.874. The largest absolute Gasteiger partial charge is 0.493 e. The van der Waals surface area contributed by atoms with E-state index in [1.165, 1.54) is 18.2 Å². The minimum absolute atomic E-state index is 0.00863. The molecule has 0 saturated heterocycles. The first-order chi connectivity index (χ1) is 10.0. The van der Waals surface area contributed by atoms with Crippen molar-refractivity contribution in [2.75, 3.05) is 6.61 Å². The molecule has 0 unspecified atom stereocenters. The van der Waals surface area contributed by atoms with Gasteiger partial charge in [-0.15, -0.1) is 0 Å². The highest BCUT2D eigenvalue weighted by atomic mass is 19.2. The number of rotatable bonds is 5. The maximum atomic E-state index is 13.3. The SMILES string of the molecule is CCCOc1ccc(-c2ccc(F)c(F)c2)cc1C(=O)O. The molecule has 2 aromatic rings. The Morgan fingerprint density at radius 3 is 2.38 bits per heavy atom. The summed E-state index contributed by atoms with van der Waals surface area (Å²) in [6.45, 7) is 2.32. The second-order valence-corrected chi connectivity index (χ2v) is 4.49. The van der Waals surface area contributed by atoms with Gasteiger partial charge in [0, 0.05) is 0 Å². The fraction of sp³-hybridized carbons (Fsp3) is 0.188. The minimum Gasteiger partial charge on any atom is -0.493 e. The Balaban J connectivity index is 2.43. The molecule has 0 aliphatic heterocycles.